The highest BCUT2D eigenvalue weighted by atomic mass is 79.9. The summed E-state index contributed by atoms with van der Waals surface area (Å²) in [7, 11) is 0. The molecule has 2 aliphatic rings. The van der Waals surface area contributed by atoms with E-state index in [0.717, 1.165) is 81.8 Å². The molecule has 37 heavy (non-hydrogen) atoms. The molecule has 2 N–H and O–H groups in total. The minimum Gasteiger partial charge on any atom is -0.508 e. The molecule has 198 valence electrons. The number of piperazine rings is 1. The molecule has 3 aromatic carbocycles. The molecule has 1 atom stereocenters. The van der Waals surface area contributed by atoms with E-state index in [2.05, 4.69) is 52.0 Å². The van der Waals surface area contributed by atoms with Gasteiger partial charge in [0.1, 0.15) is 11.5 Å². The normalized spacial score (nSPS) is 17.9. The van der Waals surface area contributed by atoms with E-state index >= 15 is 0 Å². The molecule has 1 fully saturated rings. The Kier molecular flexibility index (Phi) is 9.52. The van der Waals surface area contributed by atoms with Crippen LogP contribution in [0.2, 0.25) is 0 Å². The minimum atomic E-state index is 0. The van der Waals surface area contributed by atoms with Crippen molar-refractivity contribution >= 4 is 22.7 Å². The highest BCUT2D eigenvalue weighted by molar-refractivity contribution is 8.93. The second-order valence-corrected chi connectivity index (χ2v) is 10.3. The molecule has 0 unspecified atom stereocenters. The summed E-state index contributed by atoms with van der Waals surface area (Å²) in [4.78, 5) is 7.79. The molecule has 1 aliphatic carbocycles. The van der Waals surface area contributed by atoms with E-state index in [1.807, 2.05) is 30.3 Å². The second kappa shape index (κ2) is 12.8. The third-order valence-corrected chi connectivity index (χ3v) is 7.95. The number of phenolic OH excluding ortho intramolecular Hbond substituents is 2. The van der Waals surface area contributed by atoms with Gasteiger partial charge in [-0.1, -0.05) is 43.3 Å². The minimum absolute atomic E-state index is 0. The molecule has 6 heteroatoms. The average molecular weight is 567 g/mol. The number of hydrogen-bond acceptors (Lipinski definition) is 5. The maximum absolute atomic E-state index is 10.2. The summed E-state index contributed by atoms with van der Waals surface area (Å²) in [6.07, 6.45) is 4.35. The lowest BCUT2D eigenvalue weighted by Crippen LogP contribution is -2.50. The Morgan fingerprint density at radius 2 is 1.62 bits per heavy atom. The number of hydrogen-bond donors (Lipinski definition) is 2. The fraction of sp³-hybridized carbons (Fsp3) is 0.419. The van der Waals surface area contributed by atoms with Gasteiger partial charge in [0.15, 0.2) is 0 Å². The number of anilines is 1. The van der Waals surface area contributed by atoms with Crippen molar-refractivity contribution in [3.8, 4) is 22.6 Å². The van der Waals surface area contributed by atoms with Crippen molar-refractivity contribution in [1.29, 1.82) is 0 Å². The molecule has 3 aromatic rings. The Balaban J connectivity index is 0.00000320. The Morgan fingerprint density at radius 1 is 0.865 bits per heavy atom. The van der Waals surface area contributed by atoms with Crippen LogP contribution in [-0.4, -0.2) is 71.9 Å². The molecule has 0 bridgehead atoms. The van der Waals surface area contributed by atoms with Crippen LogP contribution in [0.3, 0.4) is 0 Å². The molecular weight excluding hydrogens is 526 g/mol. The zero-order chi connectivity index (χ0) is 24.9. The first-order valence-corrected chi connectivity index (χ1v) is 13.5. The van der Waals surface area contributed by atoms with Gasteiger partial charge in [0, 0.05) is 51.0 Å². The molecule has 0 amide bonds. The molecular formula is C31H40BrN3O2. The fourth-order valence-electron chi connectivity index (χ4n) is 5.89. The molecule has 1 aliphatic heterocycles. The van der Waals surface area contributed by atoms with Crippen molar-refractivity contribution in [3.63, 3.8) is 0 Å². The number of benzene rings is 3. The van der Waals surface area contributed by atoms with E-state index in [9.17, 15) is 10.2 Å². The van der Waals surface area contributed by atoms with Crippen LogP contribution in [0, 0.1) is 0 Å². The van der Waals surface area contributed by atoms with Gasteiger partial charge < -0.3 is 15.1 Å². The lowest BCUT2D eigenvalue weighted by atomic mass is 9.87. The van der Waals surface area contributed by atoms with E-state index in [-0.39, 0.29) is 17.0 Å². The molecule has 0 saturated carbocycles. The summed E-state index contributed by atoms with van der Waals surface area (Å²) in [5.41, 5.74) is 5.94. The van der Waals surface area contributed by atoms with E-state index < -0.39 is 0 Å². The number of rotatable bonds is 8. The van der Waals surface area contributed by atoms with Crippen molar-refractivity contribution in [1.82, 2.24) is 9.80 Å². The van der Waals surface area contributed by atoms with Gasteiger partial charge in [-0.25, -0.2) is 0 Å². The van der Waals surface area contributed by atoms with Gasteiger partial charge >= 0.3 is 0 Å². The second-order valence-electron chi connectivity index (χ2n) is 10.3. The van der Waals surface area contributed by atoms with E-state index in [1.54, 1.807) is 6.07 Å². The molecule has 5 rings (SSSR count). The first-order chi connectivity index (χ1) is 17.6. The lowest BCUT2D eigenvalue weighted by molar-refractivity contribution is 0.145. The summed E-state index contributed by atoms with van der Waals surface area (Å²) >= 11 is 0. The van der Waals surface area contributed by atoms with Crippen LogP contribution in [0.4, 0.5) is 5.69 Å². The molecule has 0 aromatic heterocycles. The summed E-state index contributed by atoms with van der Waals surface area (Å²) in [5, 5.41) is 20.0. The van der Waals surface area contributed by atoms with Gasteiger partial charge in [0.2, 0.25) is 0 Å². The Bertz CT molecular complexity index is 1150. The summed E-state index contributed by atoms with van der Waals surface area (Å²) in [6, 6.07) is 22.7. The molecule has 1 saturated heterocycles. The van der Waals surface area contributed by atoms with Crippen LogP contribution in [-0.2, 0) is 12.8 Å². The summed E-state index contributed by atoms with van der Waals surface area (Å²) in [6.45, 7) is 9.94. The number of aromatic hydroxyl groups is 2. The van der Waals surface area contributed by atoms with Gasteiger partial charge in [-0.15, -0.1) is 17.0 Å². The number of nitrogens with zero attached hydrogens (tertiary/aromatic N) is 3. The van der Waals surface area contributed by atoms with Crippen LogP contribution in [0.25, 0.3) is 11.1 Å². The Morgan fingerprint density at radius 3 is 2.35 bits per heavy atom. The maximum Gasteiger partial charge on any atom is 0.119 e. The van der Waals surface area contributed by atoms with E-state index in [4.69, 9.17) is 0 Å². The van der Waals surface area contributed by atoms with Crippen molar-refractivity contribution in [2.24, 2.45) is 0 Å². The molecule has 0 spiro atoms. The van der Waals surface area contributed by atoms with Gasteiger partial charge in [0.05, 0.1) is 0 Å². The van der Waals surface area contributed by atoms with Crippen LogP contribution in [0.15, 0.2) is 66.7 Å². The first kappa shape index (κ1) is 27.5. The largest absolute Gasteiger partial charge is 0.508 e. The van der Waals surface area contributed by atoms with Crippen molar-refractivity contribution < 1.29 is 10.2 Å². The number of halogens is 1. The third-order valence-electron chi connectivity index (χ3n) is 7.95. The van der Waals surface area contributed by atoms with Crippen LogP contribution < -0.4 is 4.90 Å². The van der Waals surface area contributed by atoms with Crippen LogP contribution in [0.1, 0.15) is 30.9 Å². The van der Waals surface area contributed by atoms with Crippen molar-refractivity contribution in [2.45, 2.75) is 38.6 Å². The topological polar surface area (TPSA) is 50.2 Å². The van der Waals surface area contributed by atoms with E-state index in [0.29, 0.717) is 17.5 Å². The predicted molar refractivity (Wildman–Crippen MR) is 158 cm³/mol. The zero-order valence-electron chi connectivity index (χ0n) is 21.9. The van der Waals surface area contributed by atoms with E-state index in [1.165, 1.54) is 17.7 Å². The fourth-order valence-corrected chi connectivity index (χ4v) is 5.89. The Hall–Kier alpha value is -2.54. The summed E-state index contributed by atoms with van der Waals surface area (Å²) in [5.74, 6) is 0.776. The smallest absolute Gasteiger partial charge is 0.119 e. The van der Waals surface area contributed by atoms with Crippen molar-refractivity contribution in [2.75, 3.05) is 50.7 Å². The highest BCUT2D eigenvalue weighted by Crippen LogP contribution is 2.31. The van der Waals surface area contributed by atoms with Gasteiger partial charge in [0.25, 0.3) is 0 Å². The number of phenols is 2. The first-order valence-electron chi connectivity index (χ1n) is 13.5. The average Bonchev–Trinajstić information content (AvgIpc) is 2.91. The summed E-state index contributed by atoms with van der Waals surface area (Å²) < 4.78 is 0. The molecule has 1 heterocycles. The zero-order valence-corrected chi connectivity index (χ0v) is 23.6. The Labute approximate surface area is 232 Å². The molecule has 5 nitrogen and oxygen atoms in total. The molecule has 0 radical (unpaired) electrons. The SMILES string of the molecule is Br.CCCN(CCN1CCN(c2ccc(-c3cccc(O)c3)cc2)CC1)[C@H]1CCc2c(O)cccc2C1. The van der Waals surface area contributed by atoms with Gasteiger partial charge in [-0.3, -0.25) is 9.80 Å². The highest BCUT2D eigenvalue weighted by Gasteiger charge is 2.26. The quantitative estimate of drug-likeness (QED) is 0.365. The van der Waals surface area contributed by atoms with Gasteiger partial charge in [-0.2, -0.15) is 0 Å². The maximum atomic E-state index is 10.2. The predicted octanol–water partition coefficient (Wildman–Crippen LogP) is 5.73. The van der Waals surface area contributed by atoms with Crippen LogP contribution in [0.5, 0.6) is 11.5 Å². The van der Waals surface area contributed by atoms with Crippen molar-refractivity contribution in [3.05, 3.63) is 77.9 Å². The van der Waals surface area contributed by atoms with Gasteiger partial charge in [-0.05, 0) is 84.8 Å². The monoisotopic (exact) mass is 565 g/mol. The lowest BCUT2D eigenvalue weighted by Gasteiger charge is -2.39. The number of fused-ring (bicyclic) bond motifs is 1. The third kappa shape index (κ3) is 6.67. The van der Waals surface area contributed by atoms with Crippen LogP contribution >= 0.6 is 17.0 Å². The standard InChI is InChI=1S/C31H39N3O2.BrH/c1-2-15-33(28-13-14-30-26(22-28)6-4-8-31(30)36)19-16-32-17-20-34(21-18-32)27-11-9-24(10-12-27)25-5-3-7-29(35)23-25;/h3-12,23,28,35-36H,2,13-22H2,1H3;1H/t28-;/m0./s1.